The number of carbonyl (C=O) groups excluding carboxylic acids is 1. The van der Waals surface area contributed by atoms with E-state index in [9.17, 15) is 4.79 Å². The van der Waals surface area contributed by atoms with Crippen LogP contribution in [0.5, 0.6) is 0 Å². The molecule has 1 heterocycles. The molecule has 1 atom stereocenters. The highest BCUT2D eigenvalue weighted by Gasteiger charge is 2.14. The Kier molecular flexibility index (Phi) is 9.95. The molecule has 6 nitrogen and oxygen atoms in total. The molecule has 0 aliphatic heterocycles. The van der Waals surface area contributed by atoms with Crippen LogP contribution in [0.2, 0.25) is 0 Å². The summed E-state index contributed by atoms with van der Waals surface area (Å²) in [5.41, 5.74) is 5.43. The van der Waals surface area contributed by atoms with E-state index < -0.39 is 0 Å². The van der Waals surface area contributed by atoms with Crippen molar-refractivity contribution in [1.29, 1.82) is 0 Å². The molecule has 1 amide bonds. The smallest absolute Gasteiger partial charge is 0.257 e. The molecule has 0 spiro atoms. The van der Waals surface area contributed by atoms with Gasteiger partial charge in [-0.05, 0) is 43.0 Å². The Hall–Kier alpha value is -3.84. The number of H-pyrrole nitrogens is 1. The zero-order valence-electron chi connectivity index (χ0n) is 21.1. The molecule has 7 heteroatoms. The predicted molar refractivity (Wildman–Crippen MR) is 153 cm³/mol. The Labute approximate surface area is 223 Å². The van der Waals surface area contributed by atoms with Crippen LogP contribution in [-0.4, -0.2) is 40.7 Å². The second kappa shape index (κ2) is 14.0. The van der Waals surface area contributed by atoms with Gasteiger partial charge in [0.1, 0.15) is 0 Å². The fraction of sp³-hybridized carbons (Fsp3) is 0.233. The summed E-state index contributed by atoms with van der Waals surface area (Å²) in [6.45, 7) is 3.37. The number of aromatic nitrogens is 2. The van der Waals surface area contributed by atoms with Gasteiger partial charge in [0.25, 0.3) is 5.91 Å². The number of imidazole rings is 1. The molecule has 0 aliphatic carbocycles. The molecule has 190 valence electrons. The third-order valence-electron chi connectivity index (χ3n) is 5.85. The predicted octanol–water partition coefficient (Wildman–Crippen LogP) is 5.55. The van der Waals surface area contributed by atoms with Crippen LogP contribution in [0.3, 0.4) is 0 Å². The molecule has 1 unspecified atom stereocenters. The van der Waals surface area contributed by atoms with Crippen molar-refractivity contribution < 1.29 is 4.79 Å². The number of aromatic amines is 1. The van der Waals surface area contributed by atoms with E-state index in [1.807, 2.05) is 42.2 Å². The van der Waals surface area contributed by atoms with E-state index >= 15 is 0 Å². The number of benzene rings is 3. The van der Waals surface area contributed by atoms with Gasteiger partial charge >= 0.3 is 0 Å². The first-order chi connectivity index (χ1) is 18.2. The highest BCUT2D eigenvalue weighted by atomic mass is 32.2. The number of carbonyl (C=O) groups is 1. The SMILES string of the molecule is Cc1ccc(C(SCC/N=C(/NCCCc2c[nH]cn2)NC(=O)c2ccccc2)c2ccccc2)cc1. The Balaban J connectivity index is 1.38. The van der Waals surface area contributed by atoms with E-state index in [0.717, 1.165) is 24.3 Å². The zero-order valence-corrected chi connectivity index (χ0v) is 21.9. The Morgan fingerprint density at radius 2 is 1.68 bits per heavy atom. The molecular weight excluding hydrogens is 478 g/mol. The molecule has 4 rings (SSSR count). The van der Waals surface area contributed by atoms with E-state index in [1.165, 1.54) is 16.7 Å². The molecule has 1 aromatic heterocycles. The summed E-state index contributed by atoms with van der Waals surface area (Å²) < 4.78 is 0. The van der Waals surface area contributed by atoms with Crippen molar-refractivity contribution in [3.8, 4) is 0 Å². The van der Waals surface area contributed by atoms with Crippen LogP contribution in [0.1, 0.15) is 44.4 Å². The minimum atomic E-state index is -0.173. The molecule has 0 radical (unpaired) electrons. The van der Waals surface area contributed by atoms with Gasteiger partial charge in [-0.2, -0.15) is 0 Å². The number of amides is 1. The van der Waals surface area contributed by atoms with Crippen molar-refractivity contribution in [3.05, 3.63) is 125 Å². The lowest BCUT2D eigenvalue weighted by molar-refractivity contribution is 0.0975. The van der Waals surface area contributed by atoms with Crippen molar-refractivity contribution >= 4 is 23.6 Å². The van der Waals surface area contributed by atoms with Gasteiger partial charge < -0.3 is 10.3 Å². The maximum atomic E-state index is 12.8. The van der Waals surface area contributed by atoms with Crippen LogP contribution in [0, 0.1) is 6.92 Å². The van der Waals surface area contributed by atoms with Crippen molar-refractivity contribution in [1.82, 2.24) is 20.6 Å². The number of hydrogen-bond acceptors (Lipinski definition) is 4. The highest BCUT2D eigenvalue weighted by Crippen LogP contribution is 2.35. The molecule has 0 fully saturated rings. The van der Waals surface area contributed by atoms with Crippen molar-refractivity contribution in [2.75, 3.05) is 18.8 Å². The van der Waals surface area contributed by atoms with Gasteiger partial charge in [0.05, 0.1) is 23.8 Å². The van der Waals surface area contributed by atoms with E-state index in [2.05, 4.69) is 76.1 Å². The van der Waals surface area contributed by atoms with E-state index in [1.54, 1.807) is 18.5 Å². The summed E-state index contributed by atoms with van der Waals surface area (Å²) in [6.07, 6.45) is 5.32. The Morgan fingerprint density at radius 1 is 0.973 bits per heavy atom. The summed E-state index contributed by atoms with van der Waals surface area (Å²) in [7, 11) is 0. The number of nitrogens with one attached hydrogen (secondary N) is 3. The van der Waals surface area contributed by atoms with Crippen LogP contribution in [0.15, 0.2) is 102 Å². The van der Waals surface area contributed by atoms with Crippen LogP contribution in [0.4, 0.5) is 0 Å². The maximum Gasteiger partial charge on any atom is 0.257 e. The summed E-state index contributed by atoms with van der Waals surface area (Å²) in [5, 5.41) is 6.49. The van der Waals surface area contributed by atoms with Gasteiger partial charge in [0, 0.05) is 24.1 Å². The molecule has 3 N–H and O–H groups in total. The van der Waals surface area contributed by atoms with Gasteiger partial charge in [0.15, 0.2) is 5.96 Å². The second-order valence-electron chi connectivity index (χ2n) is 8.71. The van der Waals surface area contributed by atoms with Gasteiger partial charge in [-0.15, -0.1) is 11.8 Å². The largest absolute Gasteiger partial charge is 0.356 e. The number of guanidine groups is 1. The number of thioether (sulfide) groups is 1. The Morgan fingerprint density at radius 3 is 2.38 bits per heavy atom. The third kappa shape index (κ3) is 8.36. The van der Waals surface area contributed by atoms with Crippen LogP contribution < -0.4 is 10.6 Å². The number of aryl methyl sites for hydroxylation is 2. The van der Waals surface area contributed by atoms with E-state index in [0.29, 0.717) is 24.6 Å². The first-order valence-electron chi connectivity index (χ1n) is 12.5. The average molecular weight is 512 g/mol. The summed E-state index contributed by atoms with van der Waals surface area (Å²) >= 11 is 1.86. The lowest BCUT2D eigenvalue weighted by atomic mass is 10.0. The monoisotopic (exact) mass is 511 g/mol. The summed E-state index contributed by atoms with van der Waals surface area (Å²) in [5.74, 6) is 1.14. The lowest BCUT2D eigenvalue weighted by Gasteiger charge is -2.18. The van der Waals surface area contributed by atoms with Crippen LogP contribution in [-0.2, 0) is 6.42 Å². The van der Waals surface area contributed by atoms with Crippen molar-refractivity contribution in [3.63, 3.8) is 0 Å². The fourth-order valence-electron chi connectivity index (χ4n) is 3.89. The average Bonchev–Trinajstić information content (AvgIpc) is 3.46. The minimum Gasteiger partial charge on any atom is -0.356 e. The normalized spacial score (nSPS) is 12.2. The number of aliphatic imine (C=N–C) groups is 1. The number of rotatable bonds is 11. The zero-order chi connectivity index (χ0) is 25.7. The third-order valence-corrected chi connectivity index (χ3v) is 7.15. The lowest BCUT2D eigenvalue weighted by Crippen LogP contribution is -2.41. The molecular formula is C30H33N5OS. The van der Waals surface area contributed by atoms with Crippen LogP contribution >= 0.6 is 11.8 Å². The molecule has 0 saturated carbocycles. The second-order valence-corrected chi connectivity index (χ2v) is 9.93. The summed E-state index contributed by atoms with van der Waals surface area (Å²) in [6, 6.07) is 28.5. The number of hydrogen-bond donors (Lipinski definition) is 3. The summed E-state index contributed by atoms with van der Waals surface area (Å²) in [4.78, 5) is 24.7. The maximum absolute atomic E-state index is 12.8. The standard InChI is InChI=1S/C30H33N5OS/c1-23-14-16-25(17-15-23)28(24-9-4-2-5-10-24)37-20-19-33-30(32-18-8-13-27-21-31-22-34-27)35-29(36)26-11-6-3-7-12-26/h2-7,9-12,14-17,21-22,28H,8,13,18-20H2,1H3,(H,31,34)(H2,32,33,35,36). The van der Waals surface area contributed by atoms with Crippen molar-refractivity contribution in [2.24, 2.45) is 4.99 Å². The number of nitrogens with zero attached hydrogens (tertiary/aromatic N) is 2. The first-order valence-corrected chi connectivity index (χ1v) is 13.6. The molecule has 3 aromatic carbocycles. The molecule has 0 aliphatic rings. The van der Waals surface area contributed by atoms with E-state index in [4.69, 9.17) is 4.99 Å². The minimum absolute atomic E-state index is 0.173. The molecule has 37 heavy (non-hydrogen) atoms. The Bertz CT molecular complexity index is 1240. The quantitative estimate of drug-likeness (QED) is 0.140. The molecule has 0 saturated heterocycles. The van der Waals surface area contributed by atoms with Gasteiger partial charge in [-0.3, -0.25) is 15.1 Å². The van der Waals surface area contributed by atoms with Gasteiger partial charge in [-0.1, -0.05) is 78.4 Å². The van der Waals surface area contributed by atoms with Crippen molar-refractivity contribution in [2.45, 2.75) is 25.0 Å². The topological polar surface area (TPSA) is 82.2 Å². The first kappa shape index (κ1) is 26.2. The molecule has 0 bridgehead atoms. The highest BCUT2D eigenvalue weighted by molar-refractivity contribution is 7.99. The van der Waals surface area contributed by atoms with Crippen LogP contribution in [0.25, 0.3) is 0 Å². The van der Waals surface area contributed by atoms with E-state index in [-0.39, 0.29) is 11.2 Å². The van der Waals surface area contributed by atoms with Gasteiger partial charge in [0.2, 0.25) is 0 Å². The molecule has 4 aromatic rings. The van der Waals surface area contributed by atoms with Gasteiger partial charge in [-0.25, -0.2) is 4.98 Å². The fourth-order valence-corrected chi connectivity index (χ4v) is 5.03.